The van der Waals surface area contributed by atoms with Crippen LogP contribution in [0.1, 0.15) is 25.8 Å². The van der Waals surface area contributed by atoms with Crippen LogP contribution in [0.25, 0.3) is 0 Å². The van der Waals surface area contributed by atoms with Gasteiger partial charge in [-0.3, -0.25) is 4.79 Å². The zero-order chi connectivity index (χ0) is 15.8. The summed E-state index contributed by atoms with van der Waals surface area (Å²) in [6.45, 7) is 5.41. The van der Waals surface area contributed by atoms with E-state index in [1.54, 1.807) is 0 Å². The largest absolute Gasteiger partial charge is 0.360 e. The molecule has 0 spiro atoms. The Morgan fingerprint density at radius 3 is 2.82 bits per heavy atom. The number of thioether (sulfide) groups is 1. The van der Waals surface area contributed by atoms with Crippen molar-refractivity contribution in [2.75, 3.05) is 11.9 Å². The lowest BCUT2D eigenvalue weighted by Crippen LogP contribution is -2.30. The lowest BCUT2D eigenvalue weighted by molar-refractivity contribution is -0.120. The smallest absolute Gasteiger partial charge is 0.233 e. The maximum absolute atomic E-state index is 12.1. The van der Waals surface area contributed by atoms with Crippen LogP contribution in [0.5, 0.6) is 0 Å². The Kier molecular flexibility index (Phi) is 6.67. The minimum Gasteiger partial charge on any atom is -0.360 e. The van der Waals surface area contributed by atoms with Crippen LogP contribution in [0, 0.1) is 0 Å². The molecule has 0 fully saturated rings. The minimum atomic E-state index is -0.198. The summed E-state index contributed by atoms with van der Waals surface area (Å²) in [4.78, 5) is 12.1. The molecule has 0 saturated carbocycles. The van der Waals surface area contributed by atoms with E-state index in [1.807, 2.05) is 37.3 Å². The summed E-state index contributed by atoms with van der Waals surface area (Å²) in [5.74, 6) is 0.00659. The molecule has 1 heterocycles. The molecule has 0 radical (unpaired) electrons. The number of benzene rings is 1. The first kappa shape index (κ1) is 16.8. The summed E-state index contributed by atoms with van der Waals surface area (Å²) in [6.07, 6.45) is 1.04. The molecule has 2 aromatic rings. The zero-order valence-corrected chi connectivity index (χ0v) is 14.3. The fourth-order valence-corrected chi connectivity index (χ4v) is 3.64. The Balaban J connectivity index is 1.79. The highest BCUT2D eigenvalue weighted by atomic mass is 32.2. The van der Waals surface area contributed by atoms with Crippen LogP contribution in [0.2, 0.25) is 0 Å². The van der Waals surface area contributed by atoms with E-state index in [-0.39, 0.29) is 11.2 Å². The molecular formula is C15H20N4OS2. The number of aromatic nitrogens is 2. The number of rotatable bonds is 8. The van der Waals surface area contributed by atoms with Crippen molar-refractivity contribution < 1.29 is 4.79 Å². The van der Waals surface area contributed by atoms with Crippen molar-refractivity contribution in [2.45, 2.75) is 36.4 Å². The molecule has 1 amide bonds. The molecule has 2 rings (SSSR count). The number of nitrogens with zero attached hydrogens (tertiary/aromatic N) is 2. The highest BCUT2D eigenvalue weighted by molar-refractivity contribution is 8.02. The molecule has 7 heteroatoms. The summed E-state index contributed by atoms with van der Waals surface area (Å²) in [5, 5.41) is 14.9. The molecule has 0 aliphatic heterocycles. The Bertz CT molecular complexity index is 588. The Labute approximate surface area is 138 Å². The topological polar surface area (TPSA) is 66.9 Å². The zero-order valence-electron chi connectivity index (χ0n) is 12.7. The quantitative estimate of drug-likeness (QED) is 0.725. The summed E-state index contributed by atoms with van der Waals surface area (Å²) in [6, 6.07) is 9.88. The highest BCUT2D eigenvalue weighted by Crippen LogP contribution is 2.28. The lowest BCUT2D eigenvalue weighted by Gasteiger charge is -2.10. The van der Waals surface area contributed by atoms with E-state index in [1.165, 1.54) is 23.1 Å². The first-order valence-electron chi connectivity index (χ1n) is 7.24. The van der Waals surface area contributed by atoms with Crippen molar-refractivity contribution in [1.82, 2.24) is 15.5 Å². The van der Waals surface area contributed by atoms with Gasteiger partial charge in [0.25, 0.3) is 0 Å². The van der Waals surface area contributed by atoms with E-state index in [9.17, 15) is 4.79 Å². The Morgan fingerprint density at radius 2 is 2.09 bits per heavy atom. The van der Waals surface area contributed by atoms with Crippen molar-refractivity contribution >= 4 is 34.1 Å². The van der Waals surface area contributed by atoms with Crippen molar-refractivity contribution in [2.24, 2.45) is 0 Å². The number of carbonyl (C=O) groups is 1. The second kappa shape index (κ2) is 8.75. The Hall–Kier alpha value is -1.60. The number of amides is 1. The van der Waals surface area contributed by atoms with Crippen LogP contribution in [0.4, 0.5) is 5.13 Å². The van der Waals surface area contributed by atoms with Crippen LogP contribution in [0.3, 0.4) is 0 Å². The van der Waals surface area contributed by atoms with Gasteiger partial charge >= 0.3 is 0 Å². The van der Waals surface area contributed by atoms with Gasteiger partial charge < -0.3 is 10.6 Å². The minimum absolute atomic E-state index is 0.00659. The maximum atomic E-state index is 12.1. The van der Waals surface area contributed by atoms with Crippen LogP contribution in [-0.2, 0) is 11.3 Å². The van der Waals surface area contributed by atoms with Gasteiger partial charge in [0.05, 0.1) is 5.25 Å². The number of nitrogens with one attached hydrogen (secondary N) is 2. The molecule has 118 valence electrons. The van der Waals surface area contributed by atoms with Gasteiger partial charge in [0.2, 0.25) is 11.0 Å². The van der Waals surface area contributed by atoms with Crippen molar-refractivity contribution in [3.63, 3.8) is 0 Å². The second-order valence-electron chi connectivity index (χ2n) is 4.76. The molecule has 1 aromatic heterocycles. The van der Waals surface area contributed by atoms with Gasteiger partial charge in [-0.2, -0.15) is 0 Å². The SMILES string of the molecule is CCCNc1nnc(SC(C)C(=O)NCc2ccccc2)s1. The van der Waals surface area contributed by atoms with E-state index in [2.05, 4.69) is 27.8 Å². The Morgan fingerprint density at radius 1 is 1.32 bits per heavy atom. The molecule has 0 bridgehead atoms. The lowest BCUT2D eigenvalue weighted by atomic mass is 10.2. The summed E-state index contributed by atoms with van der Waals surface area (Å²) >= 11 is 2.92. The van der Waals surface area contributed by atoms with Crippen LogP contribution in [0.15, 0.2) is 34.7 Å². The standard InChI is InChI=1S/C15H20N4OS2/c1-3-9-16-14-18-19-15(22-14)21-11(2)13(20)17-10-12-7-5-4-6-8-12/h4-8,11H,3,9-10H2,1-2H3,(H,16,18)(H,17,20). The monoisotopic (exact) mass is 336 g/mol. The number of anilines is 1. The molecule has 0 saturated heterocycles. The first-order chi connectivity index (χ1) is 10.7. The van der Waals surface area contributed by atoms with E-state index < -0.39 is 0 Å². The number of hydrogen-bond donors (Lipinski definition) is 2. The molecule has 5 nitrogen and oxygen atoms in total. The third-order valence-corrected chi connectivity index (χ3v) is 4.95. The van der Waals surface area contributed by atoms with Crippen LogP contribution >= 0.6 is 23.1 Å². The van der Waals surface area contributed by atoms with E-state index in [0.29, 0.717) is 6.54 Å². The van der Waals surface area contributed by atoms with Gasteiger partial charge in [0, 0.05) is 13.1 Å². The third-order valence-electron chi connectivity index (χ3n) is 2.89. The molecule has 0 aliphatic carbocycles. The van der Waals surface area contributed by atoms with E-state index in [0.717, 1.165) is 28.0 Å². The van der Waals surface area contributed by atoms with Crippen molar-refractivity contribution in [1.29, 1.82) is 0 Å². The van der Waals surface area contributed by atoms with Crippen molar-refractivity contribution in [3.8, 4) is 0 Å². The van der Waals surface area contributed by atoms with Gasteiger partial charge in [-0.1, -0.05) is 60.4 Å². The fourth-order valence-electron chi connectivity index (χ4n) is 1.69. The first-order valence-corrected chi connectivity index (χ1v) is 8.94. The molecule has 0 aliphatic rings. The van der Waals surface area contributed by atoms with Gasteiger partial charge in [-0.25, -0.2) is 0 Å². The van der Waals surface area contributed by atoms with Crippen LogP contribution < -0.4 is 10.6 Å². The van der Waals surface area contributed by atoms with E-state index in [4.69, 9.17) is 0 Å². The summed E-state index contributed by atoms with van der Waals surface area (Å²) in [7, 11) is 0. The van der Waals surface area contributed by atoms with Gasteiger partial charge in [-0.15, -0.1) is 10.2 Å². The predicted molar refractivity (Wildman–Crippen MR) is 92.3 cm³/mol. The van der Waals surface area contributed by atoms with Crippen molar-refractivity contribution in [3.05, 3.63) is 35.9 Å². The number of hydrogen-bond acceptors (Lipinski definition) is 6. The molecule has 1 atom stereocenters. The predicted octanol–water partition coefficient (Wildman–Crippen LogP) is 3.16. The second-order valence-corrected chi connectivity index (χ2v) is 7.33. The van der Waals surface area contributed by atoms with Gasteiger partial charge in [0.15, 0.2) is 4.34 Å². The molecule has 1 unspecified atom stereocenters. The van der Waals surface area contributed by atoms with Gasteiger partial charge in [-0.05, 0) is 18.9 Å². The molecule has 22 heavy (non-hydrogen) atoms. The van der Waals surface area contributed by atoms with Gasteiger partial charge in [0.1, 0.15) is 0 Å². The average Bonchev–Trinajstić information content (AvgIpc) is 2.99. The summed E-state index contributed by atoms with van der Waals surface area (Å²) < 4.78 is 0.806. The molecular weight excluding hydrogens is 316 g/mol. The van der Waals surface area contributed by atoms with Crippen LogP contribution in [-0.4, -0.2) is 27.9 Å². The van der Waals surface area contributed by atoms with E-state index >= 15 is 0 Å². The normalized spacial score (nSPS) is 11.9. The number of carbonyl (C=O) groups excluding carboxylic acids is 1. The third kappa shape index (κ3) is 5.31. The highest BCUT2D eigenvalue weighted by Gasteiger charge is 2.16. The molecule has 1 aromatic carbocycles. The molecule has 2 N–H and O–H groups in total. The average molecular weight is 336 g/mol. The fraction of sp³-hybridized carbons (Fsp3) is 0.400. The maximum Gasteiger partial charge on any atom is 0.233 e. The summed E-state index contributed by atoms with van der Waals surface area (Å²) in [5.41, 5.74) is 1.09.